The van der Waals surface area contributed by atoms with Crippen molar-refractivity contribution >= 4 is 33.3 Å². The summed E-state index contributed by atoms with van der Waals surface area (Å²) < 4.78 is 9.44. The average molecular weight is 1220 g/mol. The maximum Gasteiger partial charge on any atom is 2.00 e. The molecule has 2 aromatic heterocycles. The number of benzene rings is 6. The average Bonchev–Trinajstić information content (AvgIpc) is 3.79. The summed E-state index contributed by atoms with van der Waals surface area (Å²) in [5.41, 5.74) is 16.2. The molecule has 2 atom stereocenters. The van der Waals surface area contributed by atoms with Crippen molar-refractivity contribution < 1.29 is 25.8 Å². The van der Waals surface area contributed by atoms with Crippen molar-refractivity contribution in [3.63, 3.8) is 0 Å². The van der Waals surface area contributed by atoms with Crippen LogP contribution < -0.4 is 9.64 Å². The minimum Gasteiger partial charge on any atom is -0.503 e. The number of rotatable bonds is 7. The molecular weight excluding hydrogens is 1130 g/mol. The second kappa shape index (κ2) is 19.2. The van der Waals surface area contributed by atoms with E-state index in [1.54, 1.807) is 0 Å². The molecule has 5 nitrogen and oxygen atoms in total. The molecule has 0 amide bonds. The molecular formula is C72H84N4OPt. The van der Waals surface area contributed by atoms with Crippen LogP contribution in [0, 0.1) is 12.1 Å². The number of amidine groups is 1. The van der Waals surface area contributed by atoms with Crippen LogP contribution in [0.1, 0.15) is 213 Å². The third kappa shape index (κ3) is 9.50. The molecule has 0 spiro atoms. The number of anilines is 1. The van der Waals surface area contributed by atoms with Crippen molar-refractivity contribution in [2.24, 2.45) is 4.99 Å². The van der Waals surface area contributed by atoms with E-state index in [-0.39, 0.29) is 60.0 Å². The first-order valence-corrected chi connectivity index (χ1v) is 28.3. The number of aromatic nitrogens is 2. The topological polar surface area (TPSA) is 42.6 Å². The van der Waals surface area contributed by atoms with Crippen LogP contribution in [-0.4, -0.2) is 15.4 Å². The Morgan fingerprint density at radius 3 is 1.60 bits per heavy atom. The van der Waals surface area contributed by atoms with Crippen LogP contribution in [-0.2, 0) is 59.2 Å². The molecule has 10 rings (SSSR count). The van der Waals surface area contributed by atoms with Gasteiger partial charge in [0.1, 0.15) is 11.4 Å². The van der Waals surface area contributed by atoms with Gasteiger partial charge < -0.3 is 19.2 Å². The Hall–Kier alpha value is -5.77. The number of fused-ring (bicyclic) bond motifs is 9. The zero-order chi connectivity index (χ0) is 55.9. The van der Waals surface area contributed by atoms with E-state index < -0.39 is 11.1 Å². The van der Waals surface area contributed by atoms with E-state index >= 15 is 0 Å². The largest absolute Gasteiger partial charge is 2.00 e. The standard InChI is InChI=1S/C72H84N4O.Pt/c1-43(2)53-23-22-24-54(44(3)4)64(53)76-65(74-71(20)59-30-25-46(66(5,6)7)38-56(59)57-39-47(67(8,9)10)26-31-60(57)72(71,76)21)45-35-50(70(17,18)19)37-52(36-45)77-51-28-29-55-58-40-48(68(11,12)13)27-32-61(58)75(62(55)42-51)63-41-49(33-34-73-63)69(14,15)16;/h22-35,37-41,43-44H,1-21H3;/q-2;+2/t71-,72+;/m1./s1. The van der Waals surface area contributed by atoms with Crippen molar-refractivity contribution in [3.8, 4) is 28.4 Å². The first kappa shape index (κ1) is 56.9. The monoisotopic (exact) mass is 1220 g/mol. The summed E-state index contributed by atoms with van der Waals surface area (Å²) in [5.74, 6) is 3.45. The molecule has 2 aliphatic rings. The zero-order valence-electron chi connectivity index (χ0n) is 50.6. The maximum atomic E-state index is 7.18. The second-order valence-corrected chi connectivity index (χ2v) is 28.6. The number of nitrogens with zero attached hydrogens (tertiary/aromatic N) is 4. The van der Waals surface area contributed by atoms with Gasteiger partial charge >= 0.3 is 21.1 Å². The van der Waals surface area contributed by atoms with Gasteiger partial charge in [0.25, 0.3) is 0 Å². The fourth-order valence-corrected chi connectivity index (χ4v) is 12.1. The predicted molar refractivity (Wildman–Crippen MR) is 326 cm³/mol. The Bertz CT molecular complexity index is 3660. The molecule has 0 bridgehead atoms. The summed E-state index contributed by atoms with van der Waals surface area (Å²) in [7, 11) is 0. The first-order chi connectivity index (χ1) is 35.7. The number of para-hydroxylation sites is 1. The van der Waals surface area contributed by atoms with Gasteiger partial charge in [0.2, 0.25) is 0 Å². The molecule has 0 fully saturated rings. The summed E-state index contributed by atoms with van der Waals surface area (Å²) in [6.45, 7) is 48.5. The van der Waals surface area contributed by atoms with E-state index in [9.17, 15) is 0 Å². The summed E-state index contributed by atoms with van der Waals surface area (Å²) in [5, 5.41) is 2.27. The van der Waals surface area contributed by atoms with Gasteiger partial charge in [-0.3, -0.25) is 0 Å². The van der Waals surface area contributed by atoms with Gasteiger partial charge in [-0.25, -0.2) is 4.98 Å². The number of ether oxygens (including phenoxy) is 1. The molecule has 0 saturated carbocycles. The van der Waals surface area contributed by atoms with E-state index in [1.807, 2.05) is 6.20 Å². The molecule has 0 N–H and O–H groups in total. The van der Waals surface area contributed by atoms with Gasteiger partial charge in [0.15, 0.2) is 0 Å². The molecule has 1 aliphatic heterocycles. The van der Waals surface area contributed by atoms with E-state index in [0.717, 1.165) is 39.2 Å². The van der Waals surface area contributed by atoms with Crippen molar-refractivity contribution in [2.45, 2.75) is 195 Å². The number of aliphatic imine (C=N–C) groups is 1. The van der Waals surface area contributed by atoms with E-state index in [0.29, 0.717) is 11.5 Å². The van der Waals surface area contributed by atoms with Crippen LogP contribution in [0.5, 0.6) is 11.5 Å². The Kier molecular flexibility index (Phi) is 14.0. The molecule has 6 heteroatoms. The van der Waals surface area contributed by atoms with E-state index in [2.05, 4.69) is 276 Å². The van der Waals surface area contributed by atoms with Crippen molar-refractivity contribution in [1.82, 2.24) is 9.55 Å². The zero-order valence-corrected chi connectivity index (χ0v) is 52.9. The van der Waals surface area contributed by atoms with Gasteiger partial charge in [-0.1, -0.05) is 216 Å². The molecule has 1 aliphatic carbocycles. The number of pyridine rings is 1. The number of hydrogen-bond acceptors (Lipinski definition) is 4. The van der Waals surface area contributed by atoms with Gasteiger partial charge in [-0.2, -0.15) is 6.07 Å². The molecule has 0 saturated heterocycles. The van der Waals surface area contributed by atoms with Gasteiger partial charge in [-0.05, 0) is 132 Å². The molecule has 6 aromatic carbocycles. The van der Waals surface area contributed by atoms with Crippen LogP contribution in [0.2, 0.25) is 0 Å². The summed E-state index contributed by atoms with van der Waals surface area (Å²) in [6.07, 6.45) is 1.94. The Morgan fingerprint density at radius 1 is 0.513 bits per heavy atom. The Balaban J connectivity index is 0.00000740. The third-order valence-corrected chi connectivity index (χ3v) is 17.1. The van der Waals surface area contributed by atoms with Crippen molar-refractivity contribution in [2.75, 3.05) is 4.90 Å². The normalized spacial score (nSPS) is 17.8. The quantitative estimate of drug-likeness (QED) is 0.149. The fourth-order valence-electron chi connectivity index (χ4n) is 12.1. The van der Waals surface area contributed by atoms with Gasteiger partial charge in [0, 0.05) is 28.9 Å². The Morgan fingerprint density at radius 2 is 1.04 bits per heavy atom. The smallest absolute Gasteiger partial charge is 0.503 e. The first-order valence-electron chi connectivity index (χ1n) is 28.3. The molecule has 3 heterocycles. The van der Waals surface area contributed by atoms with Crippen molar-refractivity contribution in [1.29, 1.82) is 0 Å². The van der Waals surface area contributed by atoms with Crippen molar-refractivity contribution in [3.05, 3.63) is 183 Å². The molecule has 78 heavy (non-hydrogen) atoms. The minimum atomic E-state index is -0.729. The number of hydrogen-bond donors (Lipinski definition) is 0. The minimum absolute atomic E-state index is 0. The predicted octanol–water partition coefficient (Wildman–Crippen LogP) is 19.4. The second-order valence-electron chi connectivity index (χ2n) is 28.6. The summed E-state index contributed by atoms with van der Waals surface area (Å²) in [6, 6.07) is 49.2. The van der Waals surface area contributed by atoms with Gasteiger partial charge in [-0.15, -0.1) is 34.7 Å². The van der Waals surface area contributed by atoms with E-state index in [1.165, 1.54) is 66.7 Å². The van der Waals surface area contributed by atoms with Crippen LogP contribution in [0.25, 0.3) is 38.8 Å². The van der Waals surface area contributed by atoms with Gasteiger partial charge in [0.05, 0.1) is 11.4 Å². The van der Waals surface area contributed by atoms with Crippen LogP contribution in [0.3, 0.4) is 0 Å². The van der Waals surface area contributed by atoms with Crippen LogP contribution in [0.4, 0.5) is 5.69 Å². The molecule has 0 radical (unpaired) electrons. The maximum absolute atomic E-state index is 7.18. The SMILES string of the molecule is CC(C)c1cccc(C(C)C)c1N1C(c2[c-]c(Oc3[c-]c4c(cc3)c3cc(C(C)(C)C)ccc3n4-c3cc(C(C)(C)C)ccn3)cc(C(C)(C)C)c2)=N[C@]2(C)c3ccc(C(C)(C)C)cc3-c3cc(C(C)(C)C)ccc3[C@]12C.[Pt+2]. The van der Waals surface area contributed by atoms with E-state index in [4.69, 9.17) is 14.7 Å². The third-order valence-electron chi connectivity index (χ3n) is 17.1. The van der Waals surface area contributed by atoms with Crippen LogP contribution >= 0.6 is 0 Å². The fraction of sp³-hybridized carbons (Fsp3) is 0.417. The van der Waals surface area contributed by atoms with Crippen LogP contribution in [0.15, 0.2) is 120 Å². The molecule has 8 aromatic rings. The molecule has 0 unspecified atom stereocenters. The molecule has 408 valence electrons. The Labute approximate surface area is 482 Å². The summed E-state index contributed by atoms with van der Waals surface area (Å²) in [4.78, 5) is 13.9. The summed E-state index contributed by atoms with van der Waals surface area (Å²) >= 11 is 0.